The smallest absolute Gasteiger partial charge is 0.384 e. The van der Waals surface area contributed by atoms with Gasteiger partial charge in [-0.2, -0.15) is 4.98 Å². The van der Waals surface area contributed by atoms with Gasteiger partial charge in [0.2, 0.25) is 17.2 Å². The first-order valence-corrected chi connectivity index (χ1v) is 9.36. The van der Waals surface area contributed by atoms with Crippen molar-refractivity contribution in [2.45, 2.75) is 6.54 Å². The molecule has 0 fully saturated rings. The maximum Gasteiger partial charge on any atom is 0.384 e. The van der Waals surface area contributed by atoms with Crippen LogP contribution in [0.5, 0.6) is 0 Å². The van der Waals surface area contributed by atoms with Crippen LogP contribution in [0.25, 0.3) is 11.5 Å². The van der Waals surface area contributed by atoms with Crippen molar-refractivity contribution >= 4 is 18.9 Å². The van der Waals surface area contributed by atoms with E-state index in [1.165, 1.54) is 26.4 Å². The fraction of sp³-hybridized carbons (Fsp3) is 0.167. The Hall–Kier alpha value is -2.47. The van der Waals surface area contributed by atoms with Gasteiger partial charge in [-0.3, -0.25) is 4.57 Å². The number of hydrogen-bond acceptors (Lipinski definition) is 6. The molecule has 8 heteroatoms. The second-order valence-corrected chi connectivity index (χ2v) is 7.53. The normalized spacial score (nSPS) is 11.5. The highest BCUT2D eigenvalue weighted by atomic mass is 31.2. The first-order valence-electron chi connectivity index (χ1n) is 7.82. The number of benzene rings is 2. The summed E-state index contributed by atoms with van der Waals surface area (Å²) in [6, 6.07) is 15.2. The van der Waals surface area contributed by atoms with Gasteiger partial charge in [0.15, 0.2) is 0 Å². The van der Waals surface area contributed by atoms with E-state index in [0.717, 1.165) is 11.1 Å². The second kappa shape index (κ2) is 7.83. The third-order valence-corrected chi connectivity index (χ3v) is 5.52. The molecule has 0 bridgehead atoms. The van der Waals surface area contributed by atoms with Crippen molar-refractivity contribution in [3.8, 4) is 11.5 Å². The lowest BCUT2D eigenvalue weighted by molar-refractivity contribution is 0.286. The lowest BCUT2D eigenvalue weighted by Crippen LogP contribution is -2.14. The van der Waals surface area contributed by atoms with Crippen LogP contribution in [-0.2, 0) is 20.2 Å². The van der Waals surface area contributed by atoms with Crippen LogP contribution in [0.1, 0.15) is 5.56 Å². The molecule has 136 valence electrons. The number of aromatic nitrogens is 1. The quantitative estimate of drug-likeness (QED) is 0.623. The number of anilines is 1. The number of rotatable bonds is 7. The summed E-state index contributed by atoms with van der Waals surface area (Å²) in [6.07, 6.45) is 0. The van der Waals surface area contributed by atoms with Gasteiger partial charge in [-0.05, 0) is 29.8 Å². The van der Waals surface area contributed by atoms with E-state index in [9.17, 15) is 8.96 Å². The summed E-state index contributed by atoms with van der Waals surface area (Å²) in [5.41, 5.74) is 1.60. The minimum Gasteiger partial charge on any atom is -0.420 e. The molecule has 0 aliphatic carbocycles. The molecule has 0 atom stereocenters. The Bertz CT molecular complexity index is 905. The van der Waals surface area contributed by atoms with Crippen molar-refractivity contribution in [2.75, 3.05) is 19.5 Å². The van der Waals surface area contributed by atoms with Gasteiger partial charge in [-0.15, -0.1) is 0 Å². The van der Waals surface area contributed by atoms with Gasteiger partial charge in [-0.25, -0.2) is 4.39 Å². The van der Waals surface area contributed by atoms with E-state index in [-0.39, 0.29) is 23.0 Å². The van der Waals surface area contributed by atoms with Gasteiger partial charge >= 0.3 is 7.60 Å². The summed E-state index contributed by atoms with van der Waals surface area (Å²) in [4.78, 5) is 4.32. The highest BCUT2D eigenvalue weighted by Crippen LogP contribution is 2.47. The Balaban J connectivity index is 1.95. The van der Waals surface area contributed by atoms with Crippen LogP contribution >= 0.6 is 7.60 Å². The summed E-state index contributed by atoms with van der Waals surface area (Å²) in [6.45, 7) is 0.324. The van der Waals surface area contributed by atoms with Crippen molar-refractivity contribution in [3.63, 3.8) is 0 Å². The molecule has 0 aliphatic heterocycles. The lowest BCUT2D eigenvalue weighted by Gasteiger charge is -2.12. The van der Waals surface area contributed by atoms with Crippen LogP contribution < -0.4 is 10.8 Å². The highest BCUT2D eigenvalue weighted by Gasteiger charge is 2.34. The molecule has 26 heavy (non-hydrogen) atoms. The van der Waals surface area contributed by atoms with Crippen molar-refractivity contribution in [3.05, 3.63) is 66.0 Å². The van der Waals surface area contributed by atoms with Gasteiger partial charge in [0.25, 0.3) is 0 Å². The summed E-state index contributed by atoms with van der Waals surface area (Å²) >= 11 is 0. The second-order valence-electron chi connectivity index (χ2n) is 5.38. The van der Waals surface area contributed by atoms with Gasteiger partial charge < -0.3 is 18.8 Å². The SMILES string of the molecule is COP(=O)(OC)c1nc(-c2ccccc2)oc1NCc1ccc(F)cc1. The van der Waals surface area contributed by atoms with Crippen molar-refractivity contribution < 1.29 is 22.4 Å². The first-order chi connectivity index (χ1) is 12.6. The standard InChI is InChI=1S/C18H18FN2O4P/c1-23-26(22,24-2)18-17(20-12-13-8-10-15(19)11-9-13)25-16(21-18)14-6-4-3-5-7-14/h3-11,20H,12H2,1-2H3. The lowest BCUT2D eigenvalue weighted by atomic mass is 10.2. The summed E-state index contributed by atoms with van der Waals surface area (Å²) in [5, 5.41) is 3.03. The Kier molecular flexibility index (Phi) is 5.52. The molecule has 0 amide bonds. The topological polar surface area (TPSA) is 73.6 Å². The van der Waals surface area contributed by atoms with Crippen molar-refractivity contribution in [1.82, 2.24) is 4.98 Å². The molecule has 1 aromatic heterocycles. The number of hydrogen-bond donors (Lipinski definition) is 1. The third-order valence-electron chi connectivity index (χ3n) is 3.74. The van der Waals surface area contributed by atoms with Crippen molar-refractivity contribution in [2.24, 2.45) is 0 Å². The summed E-state index contributed by atoms with van der Waals surface area (Å²) in [7, 11) is -1.06. The largest absolute Gasteiger partial charge is 0.420 e. The fourth-order valence-electron chi connectivity index (χ4n) is 2.35. The molecule has 0 spiro atoms. The number of halogens is 1. The van der Waals surface area contributed by atoms with Gasteiger partial charge in [0.05, 0.1) is 0 Å². The minimum atomic E-state index is -3.63. The van der Waals surface area contributed by atoms with Gasteiger partial charge in [0, 0.05) is 26.3 Å². The molecule has 2 aromatic carbocycles. The molecule has 3 rings (SSSR count). The fourth-order valence-corrected chi connectivity index (χ4v) is 3.43. The molecule has 0 saturated carbocycles. The van der Waals surface area contributed by atoms with Crippen molar-refractivity contribution in [1.29, 1.82) is 0 Å². The van der Waals surface area contributed by atoms with Crippen LogP contribution in [-0.4, -0.2) is 19.2 Å². The highest BCUT2D eigenvalue weighted by molar-refractivity contribution is 7.62. The maximum absolute atomic E-state index is 13.0. The number of oxazole rings is 1. The number of nitrogens with one attached hydrogen (secondary N) is 1. The van der Waals surface area contributed by atoms with Gasteiger partial charge in [-0.1, -0.05) is 30.3 Å². The zero-order chi connectivity index (χ0) is 18.6. The average Bonchev–Trinajstić information content (AvgIpc) is 3.12. The molecule has 0 aliphatic rings. The predicted octanol–water partition coefficient (Wildman–Crippen LogP) is 4.20. The van der Waals surface area contributed by atoms with E-state index in [4.69, 9.17) is 13.5 Å². The first kappa shape index (κ1) is 18.3. The van der Waals surface area contributed by atoms with E-state index in [1.807, 2.05) is 30.3 Å². The predicted molar refractivity (Wildman–Crippen MR) is 96.9 cm³/mol. The Labute approximate surface area is 150 Å². The van der Waals surface area contributed by atoms with Crippen LogP contribution in [0.4, 0.5) is 10.3 Å². The van der Waals surface area contributed by atoms with Crippen LogP contribution in [0.15, 0.2) is 59.0 Å². The summed E-state index contributed by atoms with van der Waals surface area (Å²) < 4.78 is 41.7. The number of nitrogens with zero attached hydrogens (tertiary/aromatic N) is 1. The zero-order valence-corrected chi connectivity index (χ0v) is 15.2. The van der Waals surface area contributed by atoms with E-state index in [1.54, 1.807) is 12.1 Å². The zero-order valence-electron chi connectivity index (χ0n) is 14.3. The van der Waals surface area contributed by atoms with E-state index < -0.39 is 7.60 Å². The van der Waals surface area contributed by atoms with Crippen LogP contribution in [0, 0.1) is 5.82 Å². The maximum atomic E-state index is 13.0. The average molecular weight is 376 g/mol. The molecule has 0 radical (unpaired) electrons. The Morgan fingerprint density at radius 1 is 1.08 bits per heavy atom. The van der Waals surface area contributed by atoms with Crippen LogP contribution in [0.3, 0.4) is 0 Å². The molecule has 0 unspecified atom stereocenters. The van der Waals surface area contributed by atoms with E-state index >= 15 is 0 Å². The van der Waals surface area contributed by atoms with E-state index in [0.29, 0.717) is 6.54 Å². The minimum absolute atomic E-state index is 0.0588. The Morgan fingerprint density at radius 3 is 2.35 bits per heavy atom. The molecule has 1 heterocycles. The third kappa shape index (κ3) is 3.85. The summed E-state index contributed by atoms with van der Waals surface area (Å²) in [5.74, 6) is 0.153. The van der Waals surface area contributed by atoms with Gasteiger partial charge in [0.1, 0.15) is 5.82 Å². The van der Waals surface area contributed by atoms with Crippen LogP contribution in [0.2, 0.25) is 0 Å². The molecular formula is C18H18FN2O4P. The monoisotopic (exact) mass is 376 g/mol. The Morgan fingerprint density at radius 2 is 1.73 bits per heavy atom. The molecule has 0 saturated heterocycles. The molecule has 1 N–H and O–H groups in total. The molecular weight excluding hydrogens is 358 g/mol. The molecule has 6 nitrogen and oxygen atoms in total. The molecule has 3 aromatic rings. The van der Waals surface area contributed by atoms with E-state index in [2.05, 4.69) is 10.3 Å².